The zero-order valence-corrected chi connectivity index (χ0v) is 9.04. The van der Waals surface area contributed by atoms with Crippen molar-refractivity contribution < 1.29 is 9.53 Å². The Balaban J connectivity index is 1.91. The van der Waals surface area contributed by atoms with E-state index in [1.54, 1.807) is 4.90 Å². The van der Waals surface area contributed by atoms with Gasteiger partial charge in [-0.2, -0.15) is 0 Å². The number of nitrogens with zero attached hydrogens (tertiary/aromatic N) is 1. The summed E-state index contributed by atoms with van der Waals surface area (Å²) in [6, 6.07) is 0. The molecule has 1 amide bonds. The van der Waals surface area contributed by atoms with Gasteiger partial charge in [-0.25, -0.2) is 4.79 Å². The molecule has 1 saturated carbocycles. The fraction of sp³-hybridized carbons (Fsp3) is 0.727. The summed E-state index contributed by atoms with van der Waals surface area (Å²) in [5.41, 5.74) is -0.0822. The van der Waals surface area contributed by atoms with E-state index in [0.717, 1.165) is 6.54 Å². The lowest BCUT2D eigenvalue weighted by Crippen LogP contribution is -2.33. The van der Waals surface area contributed by atoms with E-state index in [-0.39, 0.29) is 6.09 Å². The maximum Gasteiger partial charge on any atom is 0.414 e. The Bertz CT molecular complexity index is 284. The number of rotatable bonds is 0. The second-order valence-electron chi connectivity index (χ2n) is 5.29. The quantitative estimate of drug-likeness (QED) is 0.594. The Morgan fingerprint density at radius 3 is 2.50 bits per heavy atom. The largest absolute Gasteiger partial charge is 0.443 e. The van der Waals surface area contributed by atoms with Gasteiger partial charge in [0, 0.05) is 18.2 Å². The normalized spacial score (nSPS) is 22.9. The van der Waals surface area contributed by atoms with Gasteiger partial charge in [0.1, 0.15) is 5.60 Å². The number of amides is 1. The van der Waals surface area contributed by atoms with Crippen LogP contribution in [0.15, 0.2) is 12.3 Å². The highest BCUT2D eigenvalue weighted by molar-refractivity contribution is 5.70. The van der Waals surface area contributed by atoms with Crippen molar-refractivity contribution in [2.75, 3.05) is 6.54 Å². The van der Waals surface area contributed by atoms with Crippen molar-refractivity contribution in [1.82, 2.24) is 4.90 Å². The number of carbonyl (C=O) groups excluding carboxylic acids is 1. The minimum Gasteiger partial charge on any atom is -0.443 e. The van der Waals surface area contributed by atoms with Gasteiger partial charge in [-0.05, 0) is 33.6 Å². The van der Waals surface area contributed by atoms with Crippen LogP contribution >= 0.6 is 0 Å². The minimum atomic E-state index is -0.399. The Kier molecular flexibility index (Phi) is 1.88. The van der Waals surface area contributed by atoms with Gasteiger partial charge in [-0.1, -0.05) is 6.08 Å². The highest BCUT2D eigenvalue weighted by atomic mass is 16.6. The zero-order valence-electron chi connectivity index (χ0n) is 9.04. The van der Waals surface area contributed by atoms with Gasteiger partial charge in [0.25, 0.3) is 0 Å². The van der Waals surface area contributed by atoms with Gasteiger partial charge in [-0.15, -0.1) is 0 Å². The lowest BCUT2D eigenvalue weighted by molar-refractivity contribution is 0.0334. The molecule has 78 valence electrons. The molecular weight excluding hydrogens is 178 g/mol. The first-order chi connectivity index (χ1) is 6.40. The number of hydrogen-bond acceptors (Lipinski definition) is 2. The molecule has 1 heterocycles. The molecule has 0 radical (unpaired) electrons. The molecule has 1 aliphatic heterocycles. The first kappa shape index (κ1) is 9.56. The predicted molar refractivity (Wildman–Crippen MR) is 53.7 cm³/mol. The van der Waals surface area contributed by atoms with Crippen molar-refractivity contribution in [3.05, 3.63) is 12.3 Å². The second-order valence-corrected chi connectivity index (χ2v) is 5.29. The van der Waals surface area contributed by atoms with E-state index in [2.05, 4.69) is 6.08 Å². The molecule has 0 aromatic carbocycles. The zero-order chi connectivity index (χ0) is 10.4. The number of carbonyl (C=O) groups is 1. The molecule has 0 aromatic heterocycles. The lowest BCUT2D eigenvalue weighted by Gasteiger charge is -2.23. The molecule has 3 nitrogen and oxygen atoms in total. The predicted octanol–water partition coefficient (Wildman–Crippen LogP) is 2.53. The average molecular weight is 195 g/mol. The van der Waals surface area contributed by atoms with Crippen molar-refractivity contribution in [3.63, 3.8) is 0 Å². The molecule has 2 rings (SSSR count). The molecule has 1 fully saturated rings. The van der Waals surface area contributed by atoms with Crippen LogP contribution in [-0.2, 0) is 4.74 Å². The molecule has 0 aromatic rings. The summed E-state index contributed by atoms with van der Waals surface area (Å²) in [6.45, 7) is 6.47. The Morgan fingerprint density at radius 2 is 2.07 bits per heavy atom. The number of ether oxygens (including phenoxy) is 1. The van der Waals surface area contributed by atoms with Crippen LogP contribution in [0.3, 0.4) is 0 Å². The molecule has 1 spiro atoms. The van der Waals surface area contributed by atoms with Crippen LogP contribution in [0.4, 0.5) is 4.79 Å². The van der Waals surface area contributed by atoms with Gasteiger partial charge in [0.05, 0.1) is 0 Å². The molecule has 0 unspecified atom stereocenters. The smallest absolute Gasteiger partial charge is 0.414 e. The summed E-state index contributed by atoms with van der Waals surface area (Å²) in [7, 11) is 0. The highest BCUT2D eigenvalue weighted by Gasteiger charge is 2.46. The van der Waals surface area contributed by atoms with Crippen LogP contribution in [0.1, 0.15) is 33.6 Å². The Morgan fingerprint density at radius 1 is 1.43 bits per heavy atom. The fourth-order valence-electron chi connectivity index (χ4n) is 1.62. The maximum atomic E-state index is 11.6. The van der Waals surface area contributed by atoms with Crippen LogP contribution in [0.5, 0.6) is 0 Å². The molecule has 0 atom stereocenters. The van der Waals surface area contributed by atoms with Crippen LogP contribution in [-0.4, -0.2) is 23.1 Å². The van der Waals surface area contributed by atoms with E-state index in [9.17, 15) is 4.79 Å². The number of hydrogen-bond donors (Lipinski definition) is 0. The average Bonchev–Trinajstić information content (AvgIpc) is 2.57. The van der Waals surface area contributed by atoms with E-state index < -0.39 is 5.60 Å². The van der Waals surface area contributed by atoms with Gasteiger partial charge < -0.3 is 4.74 Å². The van der Waals surface area contributed by atoms with Gasteiger partial charge in [0.15, 0.2) is 0 Å². The summed E-state index contributed by atoms with van der Waals surface area (Å²) in [5.74, 6) is 0. The van der Waals surface area contributed by atoms with Crippen LogP contribution in [0.25, 0.3) is 0 Å². The van der Waals surface area contributed by atoms with Crippen LogP contribution < -0.4 is 0 Å². The summed E-state index contributed by atoms with van der Waals surface area (Å²) in [6.07, 6.45) is 6.20. The third kappa shape index (κ3) is 1.91. The summed E-state index contributed by atoms with van der Waals surface area (Å²) >= 11 is 0. The lowest BCUT2D eigenvalue weighted by atomic mass is 10.1. The third-order valence-corrected chi connectivity index (χ3v) is 2.61. The molecule has 0 saturated heterocycles. The van der Waals surface area contributed by atoms with E-state index >= 15 is 0 Å². The van der Waals surface area contributed by atoms with E-state index in [1.165, 1.54) is 12.8 Å². The molecule has 1 aliphatic carbocycles. The Hall–Kier alpha value is -0.990. The standard InChI is InChI=1S/C11H17NO2/c1-10(2,3)14-9(13)12-7-6-11(8-12)4-5-11/h6-7H,4-5,8H2,1-3H3. The highest BCUT2D eigenvalue weighted by Crippen LogP contribution is 2.50. The SMILES string of the molecule is CC(C)(C)OC(=O)N1C=CC2(CC2)C1. The monoisotopic (exact) mass is 195 g/mol. The van der Waals surface area contributed by atoms with Crippen LogP contribution in [0, 0.1) is 5.41 Å². The second kappa shape index (κ2) is 2.75. The first-order valence-electron chi connectivity index (χ1n) is 5.09. The van der Waals surface area contributed by atoms with Crippen molar-refractivity contribution in [2.45, 2.75) is 39.2 Å². The van der Waals surface area contributed by atoms with E-state index in [4.69, 9.17) is 4.74 Å². The van der Waals surface area contributed by atoms with Crippen LogP contribution in [0.2, 0.25) is 0 Å². The van der Waals surface area contributed by atoms with Gasteiger partial charge in [-0.3, -0.25) is 4.90 Å². The third-order valence-electron chi connectivity index (χ3n) is 2.61. The maximum absolute atomic E-state index is 11.6. The topological polar surface area (TPSA) is 29.5 Å². The fourth-order valence-corrected chi connectivity index (χ4v) is 1.62. The summed E-state index contributed by atoms with van der Waals surface area (Å²) in [4.78, 5) is 13.3. The van der Waals surface area contributed by atoms with E-state index in [0.29, 0.717) is 5.41 Å². The van der Waals surface area contributed by atoms with Crippen molar-refractivity contribution in [3.8, 4) is 0 Å². The molecule has 14 heavy (non-hydrogen) atoms. The van der Waals surface area contributed by atoms with Gasteiger partial charge in [0.2, 0.25) is 0 Å². The minimum absolute atomic E-state index is 0.225. The van der Waals surface area contributed by atoms with E-state index in [1.807, 2.05) is 27.0 Å². The van der Waals surface area contributed by atoms with Crippen molar-refractivity contribution in [2.24, 2.45) is 5.41 Å². The van der Waals surface area contributed by atoms with Gasteiger partial charge >= 0.3 is 6.09 Å². The van der Waals surface area contributed by atoms with Crippen molar-refractivity contribution in [1.29, 1.82) is 0 Å². The molecular formula is C11H17NO2. The van der Waals surface area contributed by atoms with Crippen molar-refractivity contribution >= 4 is 6.09 Å². The molecule has 0 bridgehead atoms. The molecule has 3 heteroatoms. The molecule has 2 aliphatic rings. The summed E-state index contributed by atoms with van der Waals surface area (Å²) in [5, 5.41) is 0. The Labute approximate surface area is 84.7 Å². The molecule has 0 N–H and O–H groups in total. The summed E-state index contributed by atoms with van der Waals surface area (Å²) < 4.78 is 5.28. The first-order valence-corrected chi connectivity index (χ1v) is 5.09.